The van der Waals surface area contributed by atoms with Crippen LogP contribution in [0.1, 0.15) is 16.6 Å². The average molecular weight is 357 g/mol. The van der Waals surface area contributed by atoms with Crippen LogP contribution < -0.4 is 10.1 Å². The van der Waals surface area contributed by atoms with Gasteiger partial charge in [-0.25, -0.2) is 0 Å². The van der Waals surface area contributed by atoms with Crippen LogP contribution in [0, 0.1) is 0 Å². The van der Waals surface area contributed by atoms with E-state index in [0.717, 1.165) is 17.0 Å². The number of amides is 2. The van der Waals surface area contributed by atoms with Gasteiger partial charge >= 0.3 is 0 Å². The highest BCUT2D eigenvalue weighted by molar-refractivity contribution is 8.00. The molecule has 1 unspecified atom stereocenters. The Bertz CT molecular complexity index is 737. The van der Waals surface area contributed by atoms with E-state index in [4.69, 9.17) is 4.74 Å². The molecule has 2 heterocycles. The van der Waals surface area contributed by atoms with E-state index in [-0.39, 0.29) is 23.7 Å². The molecular formula is C18H19N3O3S. The van der Waals surface area contributed by atoms with E-state index in [0.29, 0.717) is 12.3 Å². The van der Waals surface area contributed by atoms with Crippen molar-refractivity contribution in [3.8, 4) is 5.75 Å². The number of hydrogen-bond donors (Lipinski definition) is 1. The number of pyridine rings is 1. The zero-order valence-corrected chi connectivity index (χ0v) is 14.7. The zero-order chi connectivity index (χ0) is 17.6. The summed E-state index contributed by atoms with van der Waals surface area (Å²) < 4.78 is 5.16. The molecule has 6 nitrogen and oxygen atoms in total. The number of carbonyl (C=O) groups is 2. The van der Waals surface area contributed by atoms with Crippen molar-refractivity contribution < 1.29 is 14.3 Å². The molecule has 1 fully saturated rings. The fraction of sp³-hybridized carbons (Fsp3) is 0.278. The Labute approximate surface area is 150 Å². The van der Waals surface area contributed by atoms with Crippen LogP contribution in [-0.4, -0.2) is 41.1 Å². The molecule has 0 aliphatic carbocycles. The van der Waals surface area contributed by atoms with Crippen molar-refractivity contribution in [3.05, 3.63) is 59.9 Å². The molecule has 1 aliphatic heterocycles. The summed E-state index contributed by atoms with van der Waals surface area (Å²) in [6, 6.07) is 13.1. The van der Waals surface area contributed by atoms with Gasteiger partial charge in [-0.05, 0) is 29.8 Å². The maximum Gasteiger partial charge on any atom is 0.240 e. The largest absolute Gasteiger partial charge is 0.497 e. The third-order valence-electron chi connectivity index (χ3n) is 3.88. The average Bonchev–Trinajstić information content (AvgIpc) is 3.01. The number of methoxy groups -OCH3 is 1. The Morgan fingerprint density at radius 1 is 1.32 bits per heavy atom. The molecule has 130 valence electrons. The minimum atomic E-state index is -0.194. The van der Waals surface area contributed by atoms with Crippen molar-refractivity contribution in [2.45, 2.75) is 11.9 Å². The zero-order valence-electron chi connectivity index (χ0n) is 13.8. The smallest absolute Gasteiger partial charge is 0.240 e. The summed E-state index contributed by atoms with van der Waals surface area (Å²) >= 11 is 1.52. The molecule has 2 aromatic rings. The quantitative estimate of drug-likeness (QED) is 0.856. The molecule has 1 aromatic carbocycles. The van der Waals surface area contributed by atoms with Crippen molar-refractivity contribution in [3.63, 3.8) is 0 Å². The second-order valence-electron chi connectivity index (χ2n) is 5.56. The van der Waals surface area contributed by atoms with Gasteiger partial charge in [0.1, 0.15) is 17.7 Å². The number of hydrogen-bond acceptors (Lipinski definition) is 5. The number of rotatable bonds is 6. The highest BCUT2D eigenvalue weighted by Gasteiger charge is 2.34. The van der Waals surface area contributed by atoms with Crippen LogP contribution in [0.2, 0.25) is 0 Å². The van der Waals surface area contributed by atoms with Crippen molar-refractivity contribution in [1.82, 2.24) is 15.2 Å². The van der Waals surface area contributed by atoms with Crippen molar-refractivity contribution in [2.24, 2.45) is 0 Å². The predicted molar refractivity (Wildman–Crippen MR) is 96.0 cm³/mol. The normalized spacial score (nSPS) is 16.8. The van der Waals surface area contributed by atoms with Gasteiger partial charge in [0, 0.05) is 6.20 Å². The molecule has 3 rings (SSSR count). The Balaban J connectivity index is 1.62. The summed E-state index contributed by atoms with van der Waals surface area (Å²) in [4.78, 5) is 30.2. The van der Waals surface area contributed by atoms with E-state index in [1.54, 1.807) is 18.2 Å². The molecule has 1 saturated heterocycles. The summed E-state index contributed by atoms with van der Waals surface area (Å²) in [7, 11) is 1.61. The second kappa shape index (κ2) is 8.02. The van der Waals surface area contributed by atoms with Gasteiger partial charge in [0.15, 0.2) is 0 Å². The van der Waals surface area contributed by atoms with Crippen LogP contribution in [0.15, 0.2) is 48.7 Å². The fourth-order valence-electron chi connectivity index (χ4n) is 2.57. The predicted octanol–water partition coefficient (Wildman–Crippen LogP) is 1.98. The van der Waals surface area contributed by atoms with Crippen LogP contribution in [0.5, 0.6) is 5.75 Å². The van der Waals surface area contributed by atoms with E-state index >= 15 is 0 Å². The second-order valence-corrected chi connectivity index (χ2v) is 6.62. The minimum Gasteiger partial charge on any atom is -0.497 e. The molecular weight excluding hydrogens is 338 g/mol. The summed E-state index contributed by atoms with van der Waals surface area (Å²) in [5, 5.41) is 2.66. The molecule has 0 spiro atoms. The number of nitrogens with zero attached hydrogens (tertiary/aromatic N) is 2. The molecule has 1 atom stereocenters. The maximum atomic E-state index is 12.2. The van der Waals surface area contributed by atoms with E-state index in [2.05, 4.69) is 10.3 Å². The first-order valence-corrected chi connectivity index (χ1v) is 8.94. The van der Waals surface area contributed by atoms with Gasteiger partial charge in [0.05, 0.1) is 25.1 Å². The molecule has 1 aliphatic rings. The van der Waals surface area contributed by atoms with Gasteiger partial charge in [-0.15, -0.1) is 11.8 Å². The molecule has 7 heteroatoms. The van der Waals surface area contributed by atoms with Crippen molar-refractivity contribution >= 4 is 23.6 Å². The molecule has 1 aromatic heterocycles. The van der Waals surface area contributed by atoms with E-state index in [1.165, 1.54) is 11.8 Å². The van der Waals surface area contributed by atoms with Crippen LogP contribution >= 0.6 is 11.8 Å². The lowest BCUT2D eigenvalue weighted by Gasteiger charge is -2.23. The summed E-state index contributed by atoms with van der Waals surface area (Å²) in [5.41, 5.74) is 1.76. The summed E-state index contributed by atoms with van der Waals surface area (Å²) in [6.45, 7) is 0.386. The van der Waals surface area contributed by atoms with Gasteiger partial charge < -0.3 is 15.0 Å². The Morgan fingerprint density at radius 3 is 2.80 bits per heavy atom. The van der Waals surface area contributed by atoms with Gasteiger partial charge in [-0.1, -0.05) is 18.2 Å². The highest BCUT2D eigenvalue weighted by atomic mass is 32.2. The first kappa shape index (κ1) is 17.3. The Hall–Kier alpha value is -2.54. The lowest BCUT2D eigenvalue weighted by atomic mass is 10.2. The number of carbonyl (C=O) groups excluding carboxylic acids is 2. The van der Waals surface area contributed by atoms with Gasteiger partial charge in [0.2, 0.25) is 11.8 Å². The SMILES string of the molecule is COc1ccc(C2SCC(=O)N2CC(=O)NCc2ccccn2)cc1. The third kappa shape index (κ3) is 4.30. The molecule has 2 amide bonds. The molecule has 25 heavy (non-hydrogen) atoms. The fourth-order valence-corrected chi connectivity index (χ4v) is 3.76. The van der Waals surface area contributed by atoms with Crippen LogP contribution in [0.25, 0.3) is 0 Å². The molecule has 0 saturated carbocycles. The highest BCUT2D eigenvalue weighted by Crippen LogP contribution is 2.38. The standard InChI is InChI=1S/C18H19N3O3S/c1-24-15-7-5-13(6-8-15)18-21(17(23)12-25-18)11-16(22)20-10-14-4-2-3-9-19-14/h2-9,18H,10-12H2,1H3,(H,20,22). The molecule has 0 bridgehead atoms. The van der Waals surface area contributed by atoms with Crippen LogP contribution in [-0.2, 0) is 16.1 Å². The van der Waals surface area contributed by atoms with Crippen molar-refractivity contribution in [2.75, 3.05) is 19.4 Å². The summed E-state index contributed by atoms with van der Waals surface area (Å²) in [5.74, 6) is 0.918. The minimum absolute atomic E-state index is 0.0289. The van der Waals surface area contributed by atoms with E-state index in [1.807, 2.05) is 42.5 Å². The number of nitrogens with one attached hydrogen (secondary N) is 1. The van der Waals surface area contributed by atoms with E-state index < -0.39 is 0 Å². The number of ether oxygens (including phenoxy) is 1. The van der Waals surface area contributed by atoms with Gasteiger partial charge in [-0.2, -0.15) is 0 Å². The third-order valence-corrected chi connectivity index (χ3v) is 5.13. The van der Waals surface area contributed by atoms with Crippen LogP contribution in [0.4, 0.5) is 0 Å². The number of aromatic nitrogens is 1. The first-order chi connectivity index (χ1) is 12.2. The monoisotopic (exact) mass is 357 g/mol. The Morgan fingerprint density at radius 2 is 2.12 bits per heavy atom. The lowest BCUT2D eigenvalue weighted by Crippen LogP contribution is -2.39. The molecule has 0 radical (unpaired) electrons. The Kier molecular flexibility index (Phi) is 5.55. The topological polar surface area (TPSA) is 71.5 Å². The van der Waals surface area contributed by atoms with Gasteiger partial charge in [0.25, 0.3) is 0 Å². The maximum absolute atomic E-state index is 12.2. The lowest BCUT2D eigenvalue weighted by molar-refractivity contribution is -0.133. The molecule has 1 N–H and O–H groups in total. The van der Waals surface area contributed by atoms with Gasteiger partial charge in [-0.3, -0.25) is 14.6 Å². The first-order valence-electron chi connectivity index (χ1n) is 7.89. The number of thioether (sulfide) groups is 1. The number of benzene rings is 1. The van der Waals surface area contributed by atoms with Crippen molar-refractivity contribution in [1.29, 1.82) is 0 Å². The van der Waals surface area contributed by atoms with Crippen LogP contribution in [0.3, 0.4) is 0 Å². The van der Waals surface area contributed by atoms with E-state index in [9.17, 15) is 9.59 Å². The summed E-state index contributed by atoms with van der Waals surface area (Å²) in [6.07, 6.45) is 1.68.